The summed E-state index contributed by atoms with van der Waals surface area (Å²) in [5.74, 6) is 0.800. The van der Waals surface area contributed by atoms with Gasteiger partial charge in [-0.15, -0.1) is 0 Å². The number of fused-ring (bicyclic) bond motifs is 2. The molecular formula is C33H39N7O2. The van der Waals surface area contributed by atoms with Crippen LogP contribution < -0.4 is 14.5 Å². The lowest BCUT2D eigenvalue weighted by Gasteiger charge is -2.41. The normalized spacial score (nSPS) is 21.1. The van der Waals surface area contributed by atoms with E-state index < -0.39 is 0 Å². The zero-order valence-electron chi connectivity index (χ0n) is 24.8. The number of anilines is 2. The lowest BCUT2D eigenvalue weighted by atomic mass is 9.99. The van der Waals surface area contributed by atoms with E-state index in [1.807, 2.05) is 11.0 Å². The summed E-state index contributed by atoms with van der Waals surface area (Å²) in [5.41, 5.74) is 4.69. The fourth-order valence-electron chi connectivity index (χ4n) is 6.73. The third-order valence-corrected chi connectivity index (χ3v) is 9.04. The number of likely N-dealkylation sites (N-methyl/N-ethyl adjacent to an activating group) is 1. The van der Waals surface area contributed by atoms with Crippen molar-refractivity contribution < 1.29 is 9.53 Å². The van der Waals surface area contributed by atoms with Gasteiger partial charge >= 0.3 is 6.01 Å². The minimum absolute atomic E-state index is 0.0181. The van der Waals surface area contributed by atoms with E-state index in [0.717, 1.165) is 37.4 Å². The molecule has 0 unspecified atom stereocenters. The number of hydrogen-bond donors (Lipinski definition) is 0. The number of nitrogens with zero attached hydrogens (tertiary/aromatic N) is 7. The molecule has 2 atom stereocenters. The fourth-order valence-corrected chi connectivity index (χ4v) is 6.73. The van der Waals surface area contributed by atoms with Gasteiger partial charge in [-0.2, -0.15) is 15.2 Å². The molecular weight excluding hydrogens is 526 g/mol. The average molecular weight is 566 g/mol. The Morgan fingerprint density at radius 1 is 1.12 bits per heavy atom. The minimum Gasteiger partial charge on any atom is -0.462 e. The van der Waals surface area contributed by atoms with E-state index in [9.17, 15) is 4.79 Å². The van der Waals surface area contributed by atoms with E-state index in [1.165, 1.54) is 46.2 Å². The Kier molecular flexibility index (Phi) is 7.98. The molecule has 6 rings (SSSR count). The van der Waals surface area contributed by atoms with Crippen molar-refractivity contribution >= 4 is 28.2 Å². The van der Waals surface area contributed by atoms with Crippen LogP contribution in [0.3, 0.4) is 0 Å². The summed E-state index contributed by atoms with van der Waals surface area (Å²) in [4.78, 5) is 31.5. The number of likely N-dealkylation sites (tertiary alicyclic amines) is 1. The molecule has 3 aliphatic rings. The molecule has 3 aliphatic heterocycles. The number of benzene rings is 2. The third-order valence-electron chi connectivity index (χ3n) is 9.04. The standard InChI is InChI=1S/C33H39N7O2/c1-23-8-4-9-25-10-5-12-29(31(23)25)38-17-14-27-28(21-38)35-33(42-22-26-11-7-16-37(26)3)36-32(27)39-18-19-40(24(2)20-39)30(41)13-6-15-34/h4-6,8-10,12-13,24,26H,7,11,14,16-22H2,1-3H3/b13-6-/t24-,26-/m0/s1. The van der Waals surface area contributed by atoms with E-state index in [4.69, 9.17) is 20.0 Å². The topological polar surface area (TPSA) is 88.8 Å². The Bertz CT molecular complexity index is 1540. The quantitative estimate of drug-likeness (QED) is 0.326. The highest BCUT2D eigenvalue weighted by Crippen LogP contribution is 2.36. The summed E-state index contributed by atoms with van der Waals surface area (Å²) in [6.45, 7) is 9.34. The molecule has 218 valence electrons. The summed E-state index contributed by atoms with van der Waals surface area (Å²) >= 11 is 0. The van der Waals surface area contributed by atoms with Crippen molar-refractivity contribution in [2.45, 2.75) is 51.7 Å². The summed E-state index contributed by atoms with van der Waals surface area (Å²) in [5, 5.41) is 11.4. The van der Waals surface area contributed by atoms with Gasteiger partial charge in [-0.05, 0) is 63.7 Å². The zero-order valence-corrected chi connectivity index (χ0v) is 24.8. The Labute approximate surface area is 248 Å². The second-order valence-corrected chi connectivity index (χ2v) is 11.8. The predicted octanol–water partition coefficient (Wildman–Crippen LogP) is 4.09. The number of ether oxygens (including phenoxy) is 1. The maximum Gasteiger partial charge on any atom is 0.318 e. The number of aryl methyl sites for hydroxylation is 1. The lowest BCUT2D eigenvalue weighted by Crippen LogP contribution is -2.54. The molecule has 0 saturated carbocycles. The van der Waals surface area contributed by atoms with Gasteiger partial charge in [0.25, 0.3) is 0 Å². The second kappa shape index (κ2) is 12.0. The highest BCUT2D eigenvalue weighted by molar-refractivity contribution is 5.97. The van der Waals surface area contributed by atoms with Gasteiger partial charge in [-0.3, -0.25) is 4.79 Å². The monoisotopic (exact) mass is 565 g/mol. The van der Waals surface area contributed by atoms with Crippen LogP contribution in [0.2, 0.25) is 0 Å². The molecule has 1 amide bonds. The van der Waals surface area contributed by atoms with E-state index in [-0.39, 0.29) is 11.9 Å². The number of allylic oxidation sites excluding steroid dienone is 1. The number of piperazine rings is 1. The molecule has 42 heavy (non-hydrogen) atoms. The highest BCUT2D eigenvalue weighted by Gasteiger charge is 2.32. The SMILES string of the molecule is Cc1cccc2cccc(N3CCc4c(nc(OC[C@@H]5CCCN5C)nc4N4CCN(C(=O)/C=C\C#N)[C@@H](C)C4)C3)c12. The lowest BCUT2D eigenvalue weighted by molar-refractivity contribution is -0.128. The van der Waals surface area contributed by atoms with Crippen LogP contribution >= 0.6 is 0 Å². The molecule has 2 aromatic carbocycles. The highest BCUT2D eigenvalue weighted by atomic mass is 16.5. The van der Waals surface area contributed by atoms with Crippen LogP contribution in [0.4, 0.5) is 11.5 Å². The number of carbonyl (C=O) groups is 1. The predicted molar refractivity (Wildman–Crippen MR) is 165 cm³/mol. The van der Waals surface area contributed by atoms with Crippen molar-refractivity contribution in [3.63, 3.8) is 0 Å². The number of nitriles is 1. The van der Waals surface area contributed by atoms with Crippen LogP contribution in [-0.4, -0.2) is 84.1 Å². The number of rotatable bonds is 6. The van der Waals surface area contributed by atoms with Crippen LogP contribution in [0.25, 0.3) is 10.8 Å². The summed E-state index contributed by atoms with van der Waals surface area (Å²) in [6, 6.07) is 15.7. The molecule has 0 radical (unpaired) electrons. The Morgan fingerprint density at radius 2 is 1.95 bits per heavy atom. The smallest absolute Gasteiger partial charge is 0.318 e. The van der Waals surface area contributed by atoms with Gasteiger partial charge in [0, 0.05) is 67.1 Å². The van der Waals surface area contributed by atoms with E-state index in [0.29, 0.717) is 44.8 Å². The summed E-state index contributed by atoms with van der Waals surface area (Å²) in [7, 11) is 2.15. The van der Waals surface area contributed by atoms with Gasteiger partial charge < -0.3 is 24.3 Å². The van der Waals surface area contributed by atoms with Crippen molar-refractivity contribution in [2.75, 3.05) is 56.2 Å². The molecule has 0 bridgehead atoms. The molecule has 9 heteroatoms. The maximum absolute atomic E-state index is 12.6. The van der Waals surface area contributed by atoms with Crippen molar-refractivity contribution in [3.05, 3.63) is 65.4 Å². The number of amides is 1. The third kappa shape index (κ3) is 5.51. The minimum atomic E-state index is -0.126. The molecule has 0 spiro atoms. The van der Waals surface area contributed by atoms with Crippen LogP contribution in [0.1, 0.15) is 36.6 Å². The van der Waals surface area contributed by atoms with Crippen LogP contribution in [0.15, 0.2) is 48.6 Å². The van der Waals surface area contributed by atoms with E-state index in [1.54, 1.807) is 0 Å². The zero-order chi connectivity index (χ0) is 29.2. The number of carbonyl (C=O) groups excluding carboxylic acids is 1. The van der Waals surface area contributed by atoms with Gasteiger partial charge in [0.05, 0.1) is 18.3 Å². The number of aromatic nitrogens is 2. The van der Waals surface area contributed by atoms with Crippen molar-refractivity contribution in [2.24, 2.45) is 0 Å². The van der Waals surface area contributed by atoms with Gasteiger partial charge in [0.15, 0.2) is 0 Å². The summed E-state index contributed by atoms with van der Waals surface area (Å²) in [6.07, 6.45) is 5.74. The van der Waals surface area contributed by atoms with Crippen LogP contribution in [-0.2, 0) is 17.8 Å². The molecule has 2 fully saturated rings. The molecule has 9 nitrogen and oxygen atoms in total. The molecule has 1 aromatic heterocycles. The first kappa shape index (κ1) is 28.0. The van der Waals surface area contributed by atoms with Gasteiger partial charge in [-0.1, -0.05) is 30.3 Å². The van der Waals surface area contributed by atoms with Gasteiger partial charge in [0.1, 0.15) is 12.4 Å². The van der Waals surface area contributed by atoms with E-state index >= 15 is 0 Å². The first-order valence-corrected chi connectivity index (χ1v) is 15.0. The molecule has 2 saturated heterocycles. The van der Waals surface area contributed by atoms with Crippen molar-refractivity contribution in [1.82, 2.24) is 19.8 Å². The Morgan fingerprint density at radius 3 is 2.71 bits per heavy atom. The van der Waals surface area contributed by atoms with Crippen molar-refractivity contribution in [3.8, 4) is 12.1 Å². The van der Waals surface area contributed by atoms with Gasteiger partial charge in [-0.25, -0.2) is 0 Å². The Hall–Kier alpha value is -4.16. The fraction of sp³-hybridized carbons (Fsp3) is 0.455. The maximum atomic E-state index is 12.6. The second-order valence-electron chi connectivity index (χ2n) is 11.8. The molecule has 0 N–H and O–H groups in total. The van der Waals surface area contributed by atoms with Crippen molar-refractivity contribution in [1.29, 1.82) is 5.26 Å². The van der Waals surface area contributed by atoms with E-state index in [2.05, 4.69) is 72.0 Å². The van der Waals surface area contributed by atoms with Crippen LogP contribution in [0, 0.1) is 18.3 Å². The largest absolute Gasteiger partial charge is 0.462 e. The molecule has 3 aromatic rings. The van der Waals surface area contributed by atoms with Crippen LogP contribution in [0.5, 0.6) is 6.01 Å². The molecule has 0 aliphatic carbocycles. The first-order valence-electron chi connectivity index (χ1n) is 15.0. The Balaban J connectivity index is 1.31. The summed E-state index contributed by atoms with van der Waals surface area (Å²) < 4.78 is 6.31. The average Bonchev–Trinajstić information content (AvgIpc) is 3.42. The molecule has 4 heterocycles. The first-order chi connectivity index (χ1) is 20.4. The number of hydrogen-bond acceptors (Lipinski definition) is 8. The van der Waals surface area contributed by atoms with Gasteiger partial charge in [0.2, 0.25) is 5.91 Å².